The Kier molecular flexibility index (Phi) is 4.38. The first-order valence-corrected chi connectivity index (χ1v) is 9.22. The van der Waals surface area contributed by atoms with Crippen molar-refractivity contribution in [3.8, 4) is 0 Å². The highest BCUT2D eigenvalue weighted by molar-refractivity contribution is 5.97. The van der Waals surface area contributed by atoms with Gasteiger partial charge in [-0.1, -0.05) is 11.6 Å². The van der Waals surface area contributed by atoms with E-state index in [9.17, 15) is 9.59 Å². The predicted molar refractivity (Wildman–Crippen MR) is 97.8 cm³/mol. The van der Waals surface area contributed by atoms with Gasteiger partial charge in [0, 0.05) is 25.1 Å². The van der Waals surface area contributed by atoms with E-state index in [1.165, 1.54) is 24.8 Å². The third kappa shape index (κ3) is 3.23. The first kappa shape index (κ1) is 16.1. The maximum absolute atomic E-state index is 12.5. The highest BCUT2D eigenvalue weighted by Crippen LogP contribution is 2.20. The highest BCUT2D eigenvalue weighted by Gasteiger charge is 2.17. The predicted octanol–water partition coefficient (Wildman–Crippen LogP) is 2.96. The van der Waals surface area contributed by atoms with Gasteiger partial charge in [-0.25, -0.2) is 4.98 Å². The van der Waals surface area contributed by atoms with Crippen LogP contribution < -0.4 is 10.9 Å². The molecule has 0 bridgehead atoms. The topological polar surface area (TPSA) is 64.0 Å². The van der Waals surface area contributed by atoms with Gasteiger partial charge in [0.25, 0.3) is 11.5 Å². The number of fused-ring (bicyclic) bond motifs is 2. The summed E-state index contributed by atoms with van der Waals surface area (Å²) in [6.07, 6.45) is 9.89. The van der Waals surface area contributed by atoms with Gasteiger partial charge in [-0.15, -0.1) is 0 Å². The van der Waals surface area contributed by atoms with Crippen molar-refractivity contribution in [2.45, 2.75) is 51.5 Å². The first-order chi connectivity index (χ1) is 12.2. The van der Waals surface area contributed by atoms with E-state index < -0.39 is 0 Å². The maximum Gasteiger partial charge on any atom is 0.261 e. The molecular formula is C20H23N3O2. The number of carbonyl (C=O) groups excluding carboxylic acids is 1. The maximum atomic E-state index is 12.5. The molecule has 1 aromatic carbocycles. The number of rotatable bonds is 4. The quantitative estimate of drug-likeness (QED) is 0.873. The third-order valence-corrected chi connectivity index (χ3v) is 5.20. The number of aryl methyl sites for hydroxylation is 1. The van der Waals surface area contributed by atoms with E-state index in [0.29, 0.717) is 23.0 Å². The summed E-state index contributed by atoms with van der Waals surface area (Å²) in [6.45, 7) is 1.40. The number of carbonyl (C=O) groups is 1. The molecule has 1 aliphatic heterocycles. The minimum atomic E-state index is -0.0966. The molecule has 0 spiro atoms. The summed E-state index contributed by atoms with van der Waals surface area (Å²) in [5.41, 5.74) is 2.66. The molecule has 5 heteroatoms. The monoisotopic (exact) mass is 337 g/mol. The van der Waals surface area contributed by atoms with Gasteiger partial charge in [0.05, 0.1) is 10.9 Å². The van der Waals surface area contributed by atoms with E-state index in [1.807, 2.05) is 0 Å². The van der Waals surface area contributed by atoms with E-state index in [4.69, 9.17) is 0 Å². The Balaban J connectivity index is 1.49. The number of allylic oxidation sites excluding steroid dienone is 1. The Morgan fingerprint density at radius 1 is 1.20 bits per heavy atom. The zero-order chi connectivity index (χ0) is 17.2. The lowest BCUT2D eigenvalue weighted by atomic mass is 9.97. The molecule has 0 saturated heterocycles. The Bertz CT molecular complexity index is 911. The molecule has 2 aromatic rings. The molecule has 1 amide bonds. The summed E-state index contributed by atoms with van der Waals surface area (Å²) >= 11 is 0. The normalized spacial score (nSPS) is 16.6. The average molecular weight is 337 g/mol. The lowest BCUT2D eigenvalue weighted by molar-refractivity contribution is 0.0954. The van der Waals surface area contributed by atoms with Crippen LogP contribution in [0.2, 0.25) is 0 Å². The molecule has 2 aliphatic rings. The van der Waals surface area contributed by atoms with Crippen LogP contribution in [-0.2, 0) is 13.0 Å². The molecule has 1 aromatic heterocycles. The molecular weight excluding hydrogens is 314 g/mol. The van der Waals surface area contributed by atoms with Crippen LogP contribution in [0.3, 0.4) is 0 Å². The van der Waals surface area contributed by atoms with Crippen LogP contribution in [-0.4, -0.2) is 22.0 Å². The minimum Gasteiger partial charge on any atom is -0.352 e. The van der Waals surface area contributed by atoms with Gasteiger partial charge in [-0.2, -0.15) is 0 Å². The van der Waals surface area contributed by atoms with Gasteiger partial charge in [0.1, 0.15) is 5.82 Å². The molecule has 0 fully saturated rings. The van der Waals surface area contributed by atoms with Crippen LogP contribution >= 0.6 is 0 Å². The van der Waals surface area contributed by atoms with Crippen LogP contribution in [0.4, 0.5) is 0 Å². The van der Waals surface area contributed by atoms with Gasteiger partial charge in [-0.3, -0.25) is 14.2 Å². The van der Waals surface area contributed by atoms with Crippen molar-refractivity contribution >= 4 is 16.8 Å². The Labute approximate surface area is 146 Å². The zero-order valence-electron chi connectivity index (χ0n) is 14.4. The largest absolute Gasteiger partial charge is 0.352 e. The van der Waals surface area contributed by atoms with E-state index in [0.717, 1.165) is 38.1 Å². The van der Waals surface area contributed by atoms with Gasteiger partial charge < -0.3 is 5.32 Å². The van der Waals surface area contributed by atoms with Crippen molar-refractivity contribution in [3.63, 3.8) is 0 Å². The molecule has 0 atom stereocenters. The SMILES string of the molecule is O=C(NCCC1=CCCCC1)c1ccc2c(=O)n3c(nc2c1)CCC3. The summed E-state index contributed by atoms with van der Waals surface area (Å²) in [5.74, 6) is 0.736. The number of hydrogen-bond acceptors (Lipinski definition) is 3. The average Bonchev–Trinajstić information content (AvgIpc) is 3.11. The molecule has 1 aliphatic carbocycles. The minimum absolute atomic E-state index is 0.00805. The van der Waals surface area contributed by atoms with Crippen LogP contribution in [0.15, 0.2) is 34.6 Å². The van der Waals surface area contributed by atoms with Crippen LogP contribution in [0.25, 0.3) is 10.9 Å². The second-order valence-electron chi connectivity index (χ2n) is 6.93. The number of nitrogens with one attached hydrogen (secondary N) is 1. The summed E-state index contributed by atoms with van der Waals surface area (Å²) in [5, 5.41) is 3.58. The molecule has 130 valence electrons. The molecule has 0 radical (unpaired) electrons. The van der Waals surface area contributed by atoms with Gasteiger partial charge in [0.15, 0.2) is 0 Å². The van der Waals surface area contributed by atoms with Gasteiger partial charge in [0.2, 0.25) is 0 Å². The number of nitrogens with zero attached hydrogens (tertiary/aromatic N) is 2. The molecule has 2 heterocycles. The summed E-state index contributed by atoms with van der Waals surface area (Å²) in [7, 11) is 0. The molecule has 4 rings (SSSR count). The molecule has 0 unspecified atom stereocenters. The van der Waals surface area contributed by atoms with Crippen molar-refractivity contribution < 1.29 is 4.79 Å². The van der Waals surface area contributed by atoms with E-state index in [-0.39, 0.29) is 11.5 Å². The number of benzene rings is 1. The molecule has 1 N–H and O–H groups in total. The molecule has 0 saturated carbocycles. The smallest absolute Gasteiger partial charge is 0.261 e. The summed E-state index contributed by atoms with van der Waals surface area (Å²) < 4.78 is 1.75. The number of aromatic nitrogens is 2. The van der Waals surface area contributed by atoms with E-state index >= 15 is 0 Å². The van der Waals surface area contributed by atoms with E-state index in [2.05, 4.69) is 16.4 Å². The Morgan fingerprint density at radius 2 is 2.12 bits per heavy atom. The Morgan fingerprint density at radius 3 is 2.96 bits per heavy atom. The van der Waals surface area contributed by atoms with Crippen LogP contribution in [0.5, 0.6) is 0 Å². The standard InChI is InChI=1S/C20H23N3O2/c24-19(21-11-10-14-5-2-1-3-6-14)15-8-9-16-17(13-15)22-18-7-4-12-23(18)20(16)25/h5,8-9,13H,1-4,6-7,10-12H2,(H,21,24). The Hall–Kier alpha value is -2.43. The van der Waals surface area contributed by atoms with E-state index in [1.54, 1.807) is 22.8 Å². The summed E-state index contributed by atoms with van der Waals surface area (Å²) in [6, 6.07) is 5.20. The number of amides is 1. The fraction of sp³-hybridized carbons (Fsp3) is 0.450. The lowest BCUT2D eigenvalue weighted by Gasteiger charge is -2.13. The van der Waals surface area contributed by atoms with Gasteiger partial charge in [-0.05, 0) is 56.7 Å². The zero-order valence-corrected chi connectivity index (χ0v) is 14.4. The fourth-order valence-electron chi connectivity index (χ4n) is 3.80. The molecule has 25 heavy (non-hydrogen) atoms. The number of hydrogen-bond donors (Lipinski definition) is 1. The van der Waals surface area contributed by atoms with Gasteiger partial charge >= 0.3 is 0 Å². The second kappa shape index (κ2) is 6.82. The first-order valence-electron chi connectivity index (χ1n) is 9.22. The summed E-state index contributed by atoms with van der Waals surface area (Å²) in [4.78, 5) is 29.5. The van der Waals surface area contributed by atoms with Crippen LogP contribution in [0, 0.1) is 0 Å². The highest BCUT2D eigenvalue weighted by atomic mass is 16.1. The fourth-order valence-corrected chi connectivity index (χ4v) is 3.80. The van der Waals surface area contributed by atoms with Crippen molar-refractivity contribution in [1.82, 2.24) is 14.9 Å². The lowest BCUT2D eigenvalue weighted by Crippen LogP contribution is -2.25. The third-order valence-electron chi connectivity index (χ3n) is 5.20. The van der Waals surface area contributed by atoms with Crippen molar-refractivity contribution in [3.05, 3.63) is 51.6 Å². The van der Waals surface area contributed by atoms with Crippen LogP contribution in [0.1, 0.15) is 54.7 Å². The van der Waals surface area contributed by atoms with Crippen molar-refractivity contribution in [2.75, 3.05) is 6.54 Å². The van der Waals surface area contributed by atoms with Crippen molar-refractivity contribution in [2.24, 2.45) is 0 Å². The second-order valence-corrected chi connectivity index (χ2v) is 6.93. The van der Waals surface area contributed by atoms with Crippen molar-refractivity contribution in [1.29, 1.82) is 0 Å². The molecule has 5 nitrogen and oxygen atoms in total.